The molecule has 1 aliphatic heterocycles. The first kappa shape index (κ1) is 14.3. The molecule has 0 saturated carbocycles. The second-order valence-corrected chi connectivity index (χ2v) is 6.17. The van der Waals surface area contributed by atoms with E-state index < -0.39 is 0 Å². The number of carbonyl (C=O) groups excluding carboxylic acids is 1. The molecule has 1 saturated heterocycles. The predicted octanol–water partition coefficient (Wildman–Crippen LogP) is 3.32. The van der Waals surface area contributed by atoms with Crippen LogP contribution in [-0.4, -0.2) is 30.4 Å². The Kier molecular flexibility index (Phi) is 4.68. The van der Waals surface area contributed by atoms with Gasteiger partial charge >= 0.3 is 0 Å². The third kappa shape index (κ3) is 3.52. The minimum absolute atomic E-state index is 0.00928. The van der Waals surface area contributed by atoms with Gasteiger partial charge in [0.25, 0.3) is 5.91 Å². The second-order valence-electron chi connectivity index (χ2n) is 5.39. The van der Waals surface area contributed by atoms with Gasteiger partial charge in [-0.1, -0.05) is 18.2 Å². The molecule has 3 rings (SSSR count). The first-order valence-electron chi connectivity index (χ1n) is 7.44. The van der Waals surface area contributed by atoms with E-state index >= 15 is 0 Å². The summed E-state index contributed by atoms with van der Waals surface area (Å²) in [5, 5.41) is 7.39. The van der Waals surface area contributed by atoms with Crippen LogP contribution in [0.15, 0.2) is 47.2 Å². The van der Waals surface area contributed by atoms with Gasteiger partial charge in [-0.2, -0.15) is 11.3 Å². The largest absolute Gasteiger partial charge is 0.350 e. The van der Waals surface area contributed by atoms with Crippen LogP contribution in [0.25, 0.3) is 0 Å². The van der Waals surface area contributed by atoms with Crippen molar-refractivity contribution in [3.8, 4) is 0 Å². The fourth-order valence-corrected chi connectivity index (χ4v) is 3.56. The van der Waals surface area contributed by atoms with Crippen molar-refractivity contribution in [1.82, 2.24) is 10.2 Å². The second kappa shape index (κ2) is 6.87. The summed E-state index contributed by atoms with van der Waals surface area (Å²) in [5.41, 5.74) is 2.04. The van der Waals surface area contributed by atoms with Crippen molar-refractivity contribution in [3.63, 3.8) is 0 Å². The van der Waals surface area contributed by atoms with Crippen LogP contribution in [0.3, 0.4) is 0 Å². The lowest BCUT2D eigenvalue weighted by molar-refractivity contribution is 0.0938. The lowest BCUT2D eigenvalue weighted by Crippen LogP contribution is -2.36. The third-order valence-electron chi connectivity index (χ3n) is 4.00. The fraction of sp³-hybridized carbons (Fsp3) is 0.353. The Balaban J connectivity index is 1.66. The summed E-state index contributed by atoms with van der Waals surface area (Å²) in [7, 11) is 0. The maximum Gasteiger partial charge on any atom is 0.251 e. The number of hydrogen-bond donors (Lipinski definition) is 1. The Morgan fingerprint density at radius 2 is 1.95 bits per heavy atom. The molecule has 1 aromatic carbocycles. The Bertz CT molecular complexity index is 562. The smallest absolute Gasteiger partial charge is 0.251 e. The molecule has 110 valence electrons. The topological polar surface area (TPSA) is 32.3 Å². The number of carbonyl (C=O) groups is 1. The first-order chi connectivity index (χ1) is 10.3. The summed E-state index contributed by atoms with van der Waals surface area (Å²) in [4.78, 5) is 14.7. The Hall–Kier alpha value is -1.65. The molecule has 1 fully saturated rings. The molecule has 1 aromatic heterocycles. The van der Waals surface area contributed by atoms with Crippen LogP contribution in [0.4, 0.5) is 0 Å². The van der Waals surface area contributed by atoms with Crippen molar-refractivity contribution >= 4 is 17.2 Å². The Morgan fingerprint density at radius 1 is 1.19 bits per heavy atom. The molecule has 4 heteroatoms. The molecule has 1 amide bonds. The summed E-state index contributed by atoms with van der Waals surface area (Å²) in [6, 6.07) is 11.9. The molecule has 3 nitrogen and oxygen atoms in total. The number of likely N-dealkylation sites (tertiary alicyclic amines) is 1. The van der Waals surface area contributed by atoms with Crippen LogP contribution in [0.1, 0.15) is 34.8 Å². The zero-order valence-corrected chi connectivity index (χ0v) is 12.8. The number of rotatable bonds is 5. The zero-order chi connectivity index (χ0) is 14.5. The van der Waals surface area contributed by atoms with Crippen LogP contribution in [0, 0.1) is 0 Å². The zero-order valence-electron chi connectivity index (χ0n) is 12.0. The van der Waals surface area contributed by atoms with E-state index in [-0.39, 0.29) is 5.91 Å². The highest BCUT2D eigenvalue weighted by molar-refractivity contribution is 7.07. The predicted molar refractivity (Wildman–Crippen MR) is 86.6 cm³/mol. The van der Waals surface area contributed by atoms with Crippen molar-refractivity contribution < 1.29 is 4.79 Å². The van der Waals surface area contributed by atoms with Gasteiger partial charge in [-0.05, 0) is 60.5 Å². The van der Waals surface area contributed by atoms with Crippen molar-refractivity contribution in [2.75, 3.05) is 19.6 Å². The van der Waals surface area contributed by atoms with Crippen molar-refractivity contribution in [2.24, 2.45) is 0 Å². The molecule has 0 bridgehead atoms. The van der Waals surface area contributed by atoms with E-state index in [1.54, 1.807) is 11.3 Å². The minimum Gasteiger partial charge on any atom is -0.350 e. The van der Waals surface area contributed by atoms with Crippen LogP contribution in [-0.2, 0) is 0 Å². The maximum absolute atomic E-state index is 12.2. The van der Waals surface area contributed by atoms with Crippen molar-refractivity contribution in [1.29, 1.82) is 0 Å². The van der Waals surface area contributed by atoms with Gasteiger partial charge in [0.05, 0.1) is 6.04 Å². The standard InChI is InChI=1S/C17H20N2OS/c20-17(14-6-2-1-3-7-14)18-12-16(15-8-11-21-13-15)19-9-4-5-10-19/h1-3,6-8,11,13,16H,4-5,9-10,12H2,(H,18,20)/t16-/m1/s1. The maximum atomic E-state index is 12.2. The highest BCUT2D eigenvalue weighted by Gasteiger charge is 2.24. The van der Waals surface area contributed by atoms with Crippen LogP contribution in [0.5, 0.6) is 0 Å². The van der Waals surface area contributed by atoms with E-state index in [1.165, 1.54) is 18.4 Å². The molecule has 2 aromatic rings. The number of thiophene rings is 1. The van der Waals surface area contributed by atoms with E-state index in [0.717, 1.165) is 18.7 Å². The highest BCUT2D eigenvalue weighted by Crippen LogP contribution is 2.26. The molecule has 0 unspecified atom stereocenters. The van der Waals surface area contributed by atoms with E-state index in [4.69, 9.17) is 0 Å². The van der Waals surface area contributed by atoms with Gasteiger partial charge in [0.1, 0.15) is 0 Å². The fourth-order valence-electron chi connectivity index (χ4n) is 2.86. The molecular formula is C17H20N2OS. The average Bonchev–Trinajstić information content (AvgIpc) is 3.22. The molecular weight excluding hydrogens is 280 g/mol. The number of benzene rings is 1. The van der Waals surface area contributed by atoms with Gasteiger partial charge in [0.15, 0.2) is 0 Å². The molecule has 1 N–H and O–H groups in total. The quantitative estimate of drug-likeness (QED) is 0.919. The van der Waals surface area contributed by atoms with E-state index in [9.17, 15) is 4.79 Å². The molecule has 2 heterocycles. The Morgan fingerprint density at radius 3 is 2.62 bits per heavy atom. The van der Waals surface area contributed by atoms with Gasteiger partial charge in [-0.3, -0.25) is 9.69 Å². The highest BCUT2D eigenvalue weighted by atomic mass is 32.1. The van der Waals surface area contributed by atoms with Gasteiger partial charge in [0.2, 0.25) is 0 Å². The van der Waals surface area contributed by atoms with Crippen molar-refractivity contribution in [3.05, 3.63) is 58.3 Å². The number of nitrogens with one attached hydrogen (secondary N) is 1. The summed E-state index contributed by atoms with van der Waals surface area (Å²) in [5.74, 6) is 0.00928. The molecule has 0 spiro atoms. The first-order valence-corrected chi connectivity index (χ1v) is 8.38. The Labute approximate surface area is 129 Å². The average molecular weight is 300 g/mol. The summed E-state index contributed by atoms with van der Waals surface area (Å²) < 4.78 is 0. The number of hydrogen-bond acceptors (Lipinski definition) is 3. The lowest BCUT2D eigenvalue weighted by atomic mass is 10.1. The lowest BCUT2D eigenvalue weighted by Gasteiger charge is -2.27. The molecule has 21 heavy (non-hydrogen) atoms. The summed E-state index contributed by atoms with van der Waals surface area (Å²) in [6.07, 6.45) is 2.51. The van der Waals surface area contributed by atoms with Gasteiger partial charge in [0, 0.05) is 12.1 Å². The third-order valence-corrected chi connectivity index (χ3v) is 4.70. The molecule has 1 aliphatic rings. The summed E-state index contributed by atoms with van der Waals surface area (Å²) >= 11 is 1.72. The van der Waals surface area contributed by atoms with E-state index in [2.05, 4.69) is 27.0 Å². The van der Waals surface area contributed by atoms with Gasteiger partial charge in [-0.25, -0.2) is 0 Å². The molecule has 1 atom stereocenters. The normalized spacial score (nSPS) is 16.8. The van der Waals surface area contributed by atoms with Crippen LogP contribution in [0.2, 0.25) is 0 Å². The van der Waals surface area contributed by atoms with Crippen LogP contribution >= 0.6 is 11.3 Å². The summed E-state index contributed by atoms with van der Waals surface area (Å²) in [6.45, 7) is 2.92. The van der Waals surface area contributed by atoms with Gasteiger partial charge in [-0.15, -0.1) is 0 Å². The van der Waals surface area contributed by atoms with E-state index in [1.807, 2.05) is 30.3 Å². The molecule has 0 radical (unpaired) electrons. The molecule has 0 aliphatic carbocycles. The minimum atomic E-state index is 0.00928. The number of amides is 1. The number of nitrogens with zero attached hydrogens (tertiary/aromatic N) is 1. The SMILES string of the molecule is O=C(NC[C@H](c1ccsc1)N1CCCC1)c1ccccc1. The van der Waals surface area contributed by atoms with Crippen molar-refractivity contribution in [2.45, 2.75) is 18.9 Å². The van der Waals surface area contributed by atoms with Gasteiger partial charge < -0.3 is 5.32 Å². The monoisotopic (exact) mass is 300 g/mol. The van der Waals surface area contributed by atoms with E-state index in [0.29, 0.717) is 12.6 Å². The van der Waals surface area contributed by atoms with Crippen LogP contribution < -0.4 is 5.32 Å².